The number of para-hydroxylation sites is 1. The fourth-order valence-corrected chi connectivity index (χ4v) is 4.04. The van der Waals surface area contributed by atoms with Crippen LogP contribution < -0.4 is 9.80 Å². The summed E-state index contributed by atoms with van der Waals surface area (Å²) in [5, 5.41) is 9.38. The zero-order valence-corrected chi connectivity index (χ0v) is 15.8. The first-order chi connectivity index (χ1) is 13.6. The Balaban J connectivity index is 1.44. The fourth-order valence-electron chi connectivity index (χ4n) is 3.75. The highest BCUT2D eigenvalue weighted by Crippen LogP contribution is 2.30. The summed E-state index contributed by atoms with van der Waals surface area (Å²) in [6, 6.07) is 12.4. The van der Waals surface area contributed by atoms with Crippen molar-refractivity contribution in [2.24, 2.45) is 0 Å². The summed E-state index contributed by atoms with van der Waals surface area (Å²) in [4.78, 5) is 34.6. The molecule has 2 aromatic rings. The summed E-state index contributed by atoms with van der Waals surface area (Å²) < 4.78 is 0. The van der Waals surface area contributed by atoms with Crippen molar-refractivity contribution in [3.63, 3.8) is 0 Å². The molecule has 3 heterocycles. The summed E-state index contributed by atoms with van der Waals surface area (Å²) in [6.07, 6.45) is 2.95. The number of hydrogen-bond acceptors (Lipinski definition) is 5. The Morgan fingerprint density at radius 1 is 1.14 bits per heavy atom. The van der Waals surface area contributed by atoms with E-state index in [0.29, 0.717) is 35.2 Å². The van der Waals surface area contributed by atoms with Crippen molar-refractivity contribution in [2.45, 2.75) is 18.9 Å². The van der Waals surface area contributed by atoms with E-state index < -0.39 is 0 Å². The van der Waals surface area contributed by atoms with Crippen molar-refractivity contribution >= 4 is 35.0 Å². The Kier molecular flexibility index (Phi) is 4.88. The molecule has 2 saturated heterocycles. The molecule has 4 rings (SSSR count). The first kappa shape index (κ1) is 18.3. The van der Waals surface area contributed by atoms with Gasteiger partial charge in [0, 0.05) is 25.3 Å². The molecule has 0 aliphatic carbocycles. The van der Waals surface area contributed by atoms with Crippen molar-refractivity contribution in [3.8, 4) is 6.07 Å². The Labute approximate surface area is 167 Å². The number of carbonyl (C=O) groups is 2. The summed E-state index contributed by atoms with van der Waals surface area (Å²) in [5.74, 6) is 0.448. The van der Waals surface area contributed by atoms with Crippen LogP contribution in [0.4, 0.5) is 16.3 Å². The molecular formula is C20H18ClN5O2. The van der Waals surface area contributed by atoms with Gasteiger partial charge >= 0.3 is 6.03 Å². The first-order valence-electron chi connectivity index (χ1n) is 9.07. The van der Waals surface area contributed by atoms with Gasteiger partial charge in [-0.3, -0.25) is 4.79 Å². The normalized spacial score (nSPS) is 17.9. The van der Waals surface area contributed by atoms with Crippen molar-refractivity contribution in [1.82, 2.24) is 9.88 Å². The second-order valence-electron chi connectivity index (χ2n) is 6.83. The smallest absolute Gasteiger partial charge is 0.332 e. The lowest BCUT2D eigenvalue weighted by atomic mass is 10.0. The van der Waals surface area contributed by atoms with E-state index in [1.54, 1.807) is 23.1 Å². The van der Waals surface area contributed by atoms with Crippen LogP contribution in [0.1, 0.15) is 18.4 Å². The monoisotopic (exact) mass is 395 g/mol. The molecule has 28 heavy (non-hydrogen) atoms. The van der Waals surface area contributed by atoms with Crippen LogP contribution in [0.3, 0.4) is 0 Å². The Bertz CT molecular complexity index is 951. The van der Waals surface area contributed by atoms with E-state index >= 15 is 0 Å². The van der Waals surface area contributed by atoms with Gasteiger partial charge in [-0.2, -0.15) is 5.26 Å². The molecule has 8 heteroatoms. The van der Waals surface area contributed by atoms with Gasteiger partial charge in [-0.05, 0) is 31.0 Å². The van der Waals surface area contributed by atoms with Crippen LogP contribution in [0, 0.1) is 11.3 Å². The molecule has 142 valence electrons. The molecule has 2 aliphatic heterocycles. The molecular weight excluding hydrogens is 378 g/mol. The molecule has 2 fully saturated rings. The predicted octanol–water partition coefficient (Wildman–Crippen LogP) is 3.04. The van der Waals surface area contributed by atoms with E-state index in [-0.39, 0.29) is 24.5 Å². The van der Waals surface area contributed by atoms with Gasteiger partial charge in [0.25, 0.3) is 5.91 Å². The third-order valence-corrected chi connectivity index (χ3v) is 5.44. The molecule has 3 amide bonds. The van der Waals surface area contributed by atoms with Gasteiger partial charge in [-0.1, -0.05) is 29.8 Å². The van der Waals surface area contributed by atoms with Crippen LogP contribution in [0.5, 0.6) is 0 Å². The minimum atomic E-state index is -0.260. The van der Waals surface area contributed by atoms with Crippen molar-refractivity contribution < 1.29 is 9.59 Å². The standard InChI is InChI=1S/C20H18ClN5O2/c21-17-10-14(11-22)12-23-19(17)24-8-6-15(7-9-24)25-13-18(27)26(20(25)28)16-4-2-1-3-5-16/h1-5,10,12,15H,6-9,13H2. The zero-order chi connectivity index (χ0) is 19.7. The van der Waals surface area contributed by atoms with E-state index in [1.807, 2.05) is 24.3 Å². The highest BCUT2D eigenvalue weighted by atomic mass is 35.5. The lowest BCUT2D eigenvalue weighted by molar-refractivity contribution is -0.116. The number of halogens is 1. The summed E-state index contributed by atoms with van der Waals surface area (Å²) in [7, 11) is 0. The molecule has 7 nitrogen and oxygen atoms in total. The number of aromatic nitrogens is 1. The minimum Gasteiger partial charge on any atom is -0.355 e. The number of piperidine rings is 1. The number of anilines is 2. The van der Waals surface area contributed by atoms with E-state index in [9.17, 15) is 9.59 Å². The lowest BCUT2D eigenvalue weighted by Crippen LogP contribution is -2.47. The third kappa shape index (κ3) is 3.27. The number of rotatable bonds is 3. The number of urea groups is 1. The van der Waals surface area contributed by atoms with Crippen LogP contribution in [-0.4, -0.2) is 47.5 Å². The molecule has 1 aromatic heterocycles. The SMILES string of the molecule is N#Cc1cnc(N2CCC(N3CC(=O)N(c4ccccc4)C3=O)CC2)c(Cl)c1. The Morgan fingerprint density at radius 2 is 1.86 bits per heavy atom. The van der Waals surface area contributed by atoms with Gasteiger partial charge in [0.15, 0.2) is 0 Å². The highest BCUT2D eigenvalue weighted by molar-refractivity contribution is 6.33. The van der Waals surface area contributed by atoms with Crippen molar-refractivity contribution in [3.05, 3.63) is 53.2 Å². The van der Waals surface area contributed by atoms with E-state index in [1.165, 1.54) is 11.1 Å². The average molecular weight is 396 g/mol. The number of hydrogen-bond donors (Lipinski definition) is 0. The van der Waals surface area contributed by atoms with Crippen LogP contribution >= 0.6 is 11.6 Å². The molecule has 0 spiro atoms. The Morgan fingerprint density at radius 3 is 2.50 bits per heavy atom. The third-order valence-electron chi connectivity index (χ3n) is 5.16. The van der Waals surface area contributed by atoms with Gasteiger partial charge in [0.1, 0.15) is 18.4 Å². The van der Waals surface area contributed by atoms with Crippen LogP contribution in [-0.2, 0) is 4.79 Å². The number of imide groups is 1. The topological polar surface area (TPSA) is 80.5 Å². The molecule has 0 bridgehead atoms. The molecule has 0 saturated carbocycles. The maximum atomic E-state index is 12.8. The second-order valence-corrected chi connectivity index (χ2v) is 7.24. The molecule has 2 aliphatic rings. The van der Waals surface area contributed by atoms with Gasteiger partial charge in [0.2, 0.25) is 0 Å². The van der Waals surface area contributed by atoms with Crippen LogP contribution in [0.15, 0.2) is 42.6 Å². The fraction of sp³-hybridized carbons (Fsp3) is 0.300. The molecule has 1 aromatic carbocycles. The van der Waals surface area contributed by atoms with Crippen LogP contribution in [0.2, 0.25) is 5.02 Å². The molecule has 0 unspecified atom stereocenters. The number of nitrogens with zero attached hydrogens (tertiary/aromatic N) is 5. The van der Waals surface area contributed by atoms with Crippen LogP contribution in [0.25, 0.3) is 0 Å². The minimum absolute atomic E-state index is 0.00132. The van der Waals surface area contributed by atoms with Gasteiger partial charge in [0.05, 0.1) is 16.3 Å². The predicted molar refractivity (Wildman–Crippen MR) is 105 cm³/mol. The number of nitriles is 1. The summed E-state index contributed by atoms with van der Waals surface area (Å²) in [5.41, 5.74) is 1.02. The second kappa shape index (κ2) is 7.49. The van der Waals surface area contributed by atoms with Gasteiger partial charge in [-0.25, -0.2) is 14.7 Å². The van der Waals surface area contributed by atoms with Crippen molar-refractivity contribution in [1.29, 1.82) is 5.26 Å². The van der Waals surface area contributed by atoms with E-state index in [4.69, 9.17) is 16.9 Å². The number of benzene rings is 1. The quantitative estimate of drug-likeness (QED) is 0.746. The average Bonchev–Trinajstić information content (AvgIpc) is 3.02. The number of carbonyl (C=O) groups excluding carboxylic acids is 2. The van der Waals surface area contributed by atoms with Gasteiger partial charge in [-0.15, -0.1) is 0 Å². The molecule has 0 N–H and O–H groups in total. The maximum absolute atomic E-state index is 12.8. The molecule has 0 atom stereocenters. The van der Waals surface area contributed by atoms with E-state index in [2.05, 4.69) is 9.88 Å². The zero-order valence-electron chi connectivity index (χ0n) is 15.1. The first-order valence-corrected chi connectivity index (χ1v) is 9.45. The summed E-state index contributed by atoms with van der Waals surface area (Å²) in [6.45, 7) is 1.45. The van der Waals surface area contributed by atoms with Crippen molar-refractivity contribution in [2.75, 3.05) is 29.4 Å². The van der Waals surface area contributed by atoms with E-state index in [0.717, 1.165) is 12.8 Å². The Hall–Kier alpha value is -3.11. The molecule has 0 radical (unpaired) electrons. The maximum Gasteiger partial charge on any atom is 0.332 e. The lowest BCUT2D eigenvalue weighted by Gasteiger charge is -2.36. The van der Waals surface area contributed by atoms with Gasteiger partial charge < -0.3 is 9.80 Å². The number of amides is 3. The highest BCUT2D eigenvalue weighted by Gasteiger charge is 2.41. The summed E-state index contributed by atoms with van der Waals surface area (Å²) >= 11 is 6.26. The number of pyridine rings is 1. The largest absolute Gasteiger partial charge is 0.355 e.